The predicted octanol–water partition coefficient (Wildman–Crippen LogP) is 3.64. The van der Waals surface area contributed by atoms with E-state index in [1.54, 1.807) is 18.2 Å². The molecule has 4 aliphatic rings. The van der Waals surface area contributed by atoms with E-state index >= 15 is 0 Å². The lowest BCUT2D eigenvalue weighted by Crippen LogP contribution is -2.54. The number of hydrogen-bond donors (Lipinski definition) is 1. The van der Waals surface area contributed by atoms with Gasteiger partial charge in [0.15, 0.2) is 0 Å². The number of anilines is 2. The number of amides is 3. The van der Waals surface area contributed by atoms with Crippen molar-refractivity contribution in [2.45, 2.75) is 44.7 Å². The molecule has 4 heterocycles. The van der Waals surface area contributed by atoms with Gasteiger partial charge in [-0.05, 0) is 62.1 Å². The molecule has 4 unspecified atom stereocenters. The number of nitrogens with zero attached hydrogens (tertiary/aromatic N) is 2. The summed E-state index contributed by atoms with van der Waals surface area (Å²) in [4.78, 5) is 45.0. The smallest absolute Gasteiger partial charge is 0.250 e. The minimum Gasteiger partial charge on any atom is -0.324 e. The molecule has 4 aliphatic heterocycles. The first-order chi connectivity index (χ1) is 15.4. The fourth-order valence-electron chi connectivity index (χ4n) is 6.55. The van der Waals surface area contributed by atoms with Crippen LogP contribution in [-0.4, -0.2) is 35.2 Å². The van der Waals surface area contributed by atoms with E-state index in [0.29, 0.717) is 22.8 Å². The quantitative estimate of drug-likeness (QED) is 0.710. The molecule has 6 nitrogen and oxygen atoms in total. The summed E-state index contributed by atoms with van der Waals surface area (Å²) in [6.07, 6.45) is 2.54. The third kappa shape index (κ3) is 2.22. The van der Waals surface area contributed by atoms with Crippen LogP contribution < -0.4 is 10.2 Å². The fraction of sp³-hybridized carbons (Fsp3) is 0.400. The molecule has 164 valence electrons. The molecule has 2 aromatic rings. The molecule has 7 heteroatoms. The standard InChI is InChI=1S/C25H24ClN3O3/c1-3-14-9-10-17-15(12-14)25(24(32)27-17)21-20(19-8-5-11-28(19)25)22(30)29(23(21)31)18-7-4-6-16(26)13(18)2/h4,6-7,9-10,12,19-21H,3,5,8,11H2,1-2H3,(H,27,32). The highest BCUT2D eigenvalue weighted by atomic mass is 35.5. The Kier molecular flexibility index (Phi) is 4.15. The van der Waals surface area contributed by atoms with Gasteiger partial charge in [-0.3, -0.25) is 19.3 Å². The zero-order chi connectivity index (χ0) is 22.4. The normalized spacial score (nSPS) is 30.8. The van der Waals surface area contributed by atoms with E-state index < -0.39 is 17.4 Å². The summed E-state index contributed by atoms with van der Waals surface area (Å²) < 4.78 is 0. The van der Waals surface area contributed by atoms with Crippen molar-refractivity contribution in [2.75, 3.05) is 16.8 Å². The van der Waals surface area contributed by atoms with E-state index in [2.05, 4.69) is 23.2 Å². The Morgan fingerprint density at radius 3 is 2.75 bits per heavy atom. The monoisotopic (exact) mass is 449 g/mol. The van der Waals surface area contributed by atoms with Crippen molar-refractivity contribution >= 4 is 40.7 Å². The van der Waals surface area contributed by atoms with E-state index in [-0.39, 0.29) is 23.8 Å². The first-order valence-electron chi connectivity index (χ1n) is 11.3. The topological polar surface area (TPSA) is 69.7 Å². The maximum Gasteiger partial charge on any atom is 0.250 e. The summed E-state index contributed by atoms with van der Waals surface area (Å²) in [5.74, 6) is -1.99. The molecule has 0 bridgehead atoms. The maximum atomic E-state index is 14.0. The second kappa shape index (κ2) is 6.65. The van der Waals surface area contributed by atoms with E-state index in [1.807, 2.05) is 19.1 Å². The van der Waals surface area contributed by atoms with E-state index in [0.717, 1.165) is 36.1 Å². The predicted molar refractivity (Wildman–Crippen MR) is 122 cm³/mol. The number of nitrogens with one attached hydrogen (secondary N) is 1. The number of fused-ring (bicyclic) bond motifs is 7. The molecule has 32 heavy (non-hydrogen) atoms. The summed E-state index contributed by atoms with van der Waals surface area (Å²) in [6.45, 7) is 4.59. The summed E-state index contributed by atoms with van der Waals surface area (Å²) in [5, 5.41) is 3.54. The molecule has 0 aliphatic carbocycles. The lowest BCUT2D eigenvalue weighted by molar-refractivity contribution is -0.135. The average molecular weight is 450 g/mol. The number of benzene rings is 2. The molecule has 0 radical (unpaired) electrons. The van der Waals surface area contributed by atoms with Gasteiger partial charge in [-0.1, -0.05) is 36.7 Å². The highest BCUT2D eigenvalue weighted by Crippen LogP contribution is 2.61. The van der Waals surface area contributed by atoms with Crippen LogP contribution in [0.4, 0.5) is 11.4 Å². The van der Waals surface area contributed by atoms with Gasteiger partial charge in [0.05, 0.1) is 17.5 Å². The third-order valence-corrected chi connectivity index (χ3v) is 8.35. The largest absolute Gasteiger partial charge is 0.324 e. The SMILES string of the molecule is CCc1ccc2c(c1)C1(C(=O)N2)C2C(=O)N(c3cccc(Cl)c3C)C(=O)C2C2CCCN21. The Labute approximate surface area is 191 Å². The summed E-state index contributed by atoms with van der Waals surface area (Å²) in [6, 6.07) is 11.1. The lowest BCUT2D eigenvalue weighted by atomic mass is 9.75. The van der Waals surface area contributed by atoms with E-state index in [4.69, 9.17) is 11.6 Å². The second-order valence-corrected chi connectivity index (χ2v) is 9.66. The Hall–Kier alpha value is -2.70. The van der Waals surface area contributed by atoms with Crippen LogP contribution in [0.2, 0.25) is 5.02 Å². The number of carbonyl (C=O) groups is 3. The number of halogens is 1. The van der Waals surface area contributed by atoms with Crippen molar-refractivity contribution in [2.24, 2.45) is 11.8 Å². The molecule has 3 fully saturated rings. The Morgan fingerprint density at radius 1 is 1.16 bits per heavy atom. The zero-order valence-corrected chi connectivity index (χ0v) is 18.8. The van der Waals surface area contributed by atoms with Crippen LogP contribution in [0.1, 0.15) is 36.5 Å². The zero-order valence-electron chi connectivity index (χ0n) is 18.0. The minimum absolute atomic E-state index is 0.122. The van der Waals surface area contributed by atoms with Crippen molar-refractivity contribution in [1.82, 2.24) is 4.90 Å². The molecular formula is C25H24ClN3O3. The molecule has 1 N–H and O–H groups in total. The van der Waals surface area contributed by atoms with Gasteiger partial charge in [-0.15, -0.1) is 0 Å². The van der Waals surface area contributed by atoms with Crippen LogP contribution in [0.5, 0.6) is 0 Å². The molecule has 0 aromatic heterocycles. The molecule has 1 spiro atoms. The molecular weight excluding hydrogens is 426 g/mol. The van der Waals surface area contributed by atoms with Crippen LogP contribution in [0.25, 0.3) is 0 Å². The van der Waals surface area contributed by atoms with Crippen molar-refractivity contribution in [3.05, 3.63) is 58.1 Å². The van der Waals surface area contributed by atoms with Crippen LogP contribution >= 0.6 is 11.6 Å². The van der Waals surface area contributed by atoms with Gasteiger partial charge < -0.3 is 5.32 Å². The van der Waals surface area contributed by atoms with Crippen LogP contribution in [0.15, 0.2) is 36.4 Å². The molecule has 0 saturated carbocycles. The fourth-order valence-corrected chi connectivity index (χ4v) is 6.72. The highest BCUT2D eigenvalue weighted by Gasteiger charge is 2.74. The minimum atomic E-state index is -1.14. The van der Waals surface area contributed by atoms with Gasteiger partial charge in [0.1, 0.15) is 5.54 Å². The summed E-state index contributed by atoms with van der Waals surface area (Å²) >= 11 is 6.32. The Balaban J connectivity index is 1.57. The van der Waals surface area contributed by atoms with Gasteiger partial charge in [0.25, 0.3) is 0 Å². The van der Waals surface area contributed by atoms with Gasteiger partial charge in [-0.2, -0.15) is 0 Å². The first kappa shape index (κ1) is 19.9. The highest BCUT2D eigenvalue weighted by molar-refractivity contribution is 6.32. The van der Waals surface area contributed by atoms with Crippen molar-refractivity contribution in [1.29, 1.82) is 0 Å². The van der Waals surface area contributed by atoms with Crippen molar-refractivity contribution in [3.63, 3.8) is 0 Å². The second-order valence-electron chi connectivity index (χ2n) is 9.26. The maximum absolute atomic E-state index is 14.0. The van der Waals surface area contributed by atoms with Crippen LogP contribution in [0.3, 0.4) is 0 Å². The van der Waals surface area contributed by atoms with Gasteiger partial charge >= 0.3 is 0 Å². The molecule has 2 aromatic carbocycles. The van der Waals surface area contributed by atoms with Crippen LogP contribution in [-0.2, 0) is 26.3 Å². The van der Waals surface area contributed by atoms with Gasteiger partial charge in [0, 0.05) is 22.3 Å². The number of carbonyl (C=O) groups excluding carboxylic acids is 3. The molecule has 3 amide bonds. The Bertz CT molecular complexity index is 1210. The van der Waals surface area contributed by atoms with Crippen LogP contribution in [0, 0.1) is 18.8 Å². The lowest BCUT2D eigenvalue weighted by Gasteiger charge is -2.37. The van der Waals surface area contributed by atoms with Crippen molar-refractivity contribution < 1.29 is 14.4 Å². The molecule has 3 saturated heterocycles. The van der Waals surface area contributed by atoms with Crippen molar-refractivity contribution in [3.8, 4) is 0 Å². The van der Waals surface area contributed by atoms with Gasteiger partial charge in [0.2, 0.25) is 17.7 Å². The number of hydrogen-bond acceptors (Lipinski definition) is 4. The molecule has 4 atom stereocenters. The Morgan fingerprint density at radius 2 is 1.97 bits per heavy atom. The first-order valence-corrected chi connectivity index (χ1v) is 11.6. The molecule has 6 rings (SSSR count). The average Bonchev–Trinajstić information content (AvgIpc) is 3.48. The third-order valence-electron chi connectivity index (χ3n) is 7.95. The number of aryl methyl sites for hydroxylation is 1. The van der Waals surface area contributed by atoms with Gasteiger partial charge in [-0.25, -0.2) is 4.90 Å². The van der Waals surface area contributed by atoms with E-state index in [1.165, 1.54) is 4.90 Å². The summed E-state index contributed by atoms with van der Waals surface area (Å²) in [5.41, 5.74) is 2.77. The number of rotatable bonds is 2. The van der Waals surface area contributed by atoms with E-state index in [9.17, 15) is 14.4 Å². The summed E-state index contributed by atoms with van der Waals surface area (Å²) in [7, 11) is 0. The number of imide groups is 1.